The molecule has 1 heterocycles. The number of fused-ring (bicyclic) bond motifs is 1. The van der Waals surface area contributed by atoms with Gasteiger partial charge in [0.05, 0.1) is 12.1 Å². The molecule has 5 nitrogen and oxygen atoms in total. The van der Waals surface area contributed by atoms with E-state index < -0.39 is 5.91 Å². The molecule has 0 unspecified atom stereocenters. The van der Waals surface area contributed by atoms with Gasteiger partial charge in [-0.15, -0.1) is 11.3 Å². The molecular weight excluding hydrogens is 358 g/mol. The second kappa shape index (κ2) is 8.13. The molecule has 6 heteroatoms. The standard InChI is InChI=1S/C21H27N3O2S/c1-13(2)24(15-10-8-14(3)9-11-15)12-18(25)23-21-19(20(22)26)16-6-4-5-7-17(16)27-21/h8-11,13H,4-7,12H2,1-3H3,(H2,22,26)(H,23,25). The second-order valence-electron chi connectivity index (χ2n) is 7.38. The highest BCUT2D eigenvalue weighted by atomic mass is 32.1. The molecule has 1 aliphatic rings. The van der Waals surface area contributed by atoms with Gasteiger partial charge < -0.3 is 16.0 Å². The minimum absolute atomic E-state index is 0.134. The van der Waals surface area contributed by atoms with E-state index in [2.05, 4.69) is 19.2 Å². The normalized spacial score (nSPS) is 13.3. The maximum atomic E-state index is 12.8. The molecular formula is C21H27N3O2S. The van der Waals surface area contributed by atoms with Gasteiger partial charge in [0.15, 0.2) is 0 Å². The van der Waals surface area contributed by atoms with Crippen LogP contribution in [0, 0.1) is 6.92 Å². The number of nitrogens with one attached hydrogen (secondary N) is 1. The quantitative estimate of drug-likeness (QED) is 0.792. The van der Waals surface area contributed by atoms with Gasteiger partial charge in [-0.2, -0.15) is 0 Å². The average molecular weight is 386 g/mol. The minimum Gasteiger partial charge on any atom is -0.365 e. The Hall–Kier alpha value is -2.34. The lowest BCUT2D eigenvalue weighted by Gasteiger charge is -2.28. The molecule has 144 valence electrons. The number of benzene rings is 1. The monoisotopic (exact) mass is 385 g/mol. The predicted molar refractivity (Wildman–Crippen MR) is 112 cm³/mol. The number of primary amides is 1. The zero-order valence-corrected chi connectivity index (χ0v) is 17.0. The molecule has 3 N–H and O–H groups in total. The van der Waals surface area contributed by atoms with Crippen LogP contribution in [0.25, 0.3) is 0 Å². The third-order valence-electron chi connectivity index (χ3n) is 4.97. The van der Waals surface area contributed by atoms with Gasteiger partial charge >= 0.3 is 0 Å². The molecule has 2 amide bonds. The molecule has 0 bridgehead atoms. The van der Waals surface area contributed by atoms with E-state index in [1.54, 1.807) is 0 Å². The zero-order chi connectivity index (χ0) is 19.6. The fourth-order valence-electron chi connectivity index (χ4n) is 3.54. The minimum atomic E-state index is -0.455. The van der Waals surface area contributed by atoms with Gasteiger partial charge in [0.2, 0.25) is 5.91 Å². The van der Waals surface area contributed by atoms with Gasteiger partial charge in [-0.05, 0) is 64.2 Å². The van der Waals surface area contributed by atoms with Crippen LogP contribution in [0.3, 0.4) is 0 Å². The van der Waals surface area contributed by atoms with Crippen LogP contribution >= 0.6 is 11.3 Å². The van der Waals surface area contributed by atoms with Crippen molar-refractivity contribution in [2.75, 3.05) is 16.8 Å². The summed E-state index contributed by atoms with van der Waals surface area (Å²) < 4.78 is 0. The summed E-state index contributed by atoms with van der Waals surface area (Å²) in [5, 5.41) is 3.56. The summed E-state index contributed by atoms with van der Waals surface area (Å²) in [5.74, 6) is -0.589. The van der Waals surface area contributed by atoms with Crippen LogP contribution < -0.4 is 16.0 Å². The van der Waals surface area contributed by atoms with Gasteiger partial charge in [0, 0.05) is 16.6 Å². The molecule has 27 heavy (non-hydrogen) atoms. The van der Waals surface area contributed by atoms with E-state index in [-0.39, 0.29) is 18.5 Å². The van der Waals surface area contributed by atoms with Crippen molar-refractivity contribution in [1.29, 1.82) is 0 Å². The molecule has 0 saturated heterocycles. The van der Waals surface area contributed by atoms with E-state index >= 15 is 0 Å². The van der Waals surface area contributed by atoms with Crippen LogP contribution in [0.2, 0.25) is 0 Å². The number of anilines is 2. The Kier molecular flexibility index (Phi) is 5.85. The fourth-order valence-corrected chi connectivity index (χ4v) is 4.85. The number of hydrogen-bond acceptors (Lipinski definition) is 4. The molecule has 1 aliphatic carbocycles. The number of amides is 2. The van der Waals surface area contributed by atoms with Crippen molar-refractivity contribution in [3.05, 3.63) is 45.8 Å². The fraction of sp³-hybridized carbons (Fsp3) is 0.429. The van der Waals surface area contributed by atoms with E-state index in [4.69, 9.17) is 5.73 Å². The van der Waals surface area contributed by atoms with E-state index in [1.165, 1.54) is 21.8 Å². The van der Waals surface area contributed by atoms with Crippen molar-refractivity contribution in [2.24, 2.45) is 5.73 Å². The molecule has 0 spiro atoms. The first-order chi connectivity index (χ1) is 12.9. The number of thiophene rings is 1. The van der Waals surface area contributed by atoms with Gasteiger partial charge in [0.1, 0.15) is 5.00 Å². The first-order valence-corrected chi connectivity index (χ1v) is 10.3. The van der Waals surface area contributed by atoms with Crippen LogP contribution in [0.5, 0.6) is 0 Å². The summed E-state index contributed by atoms with van der Waals surface area (Å²) in [6.45, 7) is 6.39. The van der Waals surface area contributed by atoms with Crippen molar-refractivity contribution in [3.8, 4) is 0 Å². The Morgan fingerprint density at radius 1 is 1.19 bits per heavy atom. The number of nitrogens with two attached hydrogens (primary N) is 1. The zero-order valence-electron chi connectivity index (χ0n) is 16.2. The summed E-state index contributed by atoms with van der Waals surface area (Å²) in [7, 11) is 0. The third kappa shape index (κ3) is 4.33. The highest BCUT2D eigenvalue weighted by Crippen LogP contribution is 2.37. The van der Waals surface area contributed by atoms with Crippen molar-refractivity contribution in [3.63, 3.8) is 0 Å². The topological polar surface area (TPSA) is 75.4 Å². The Bertz CT molecular complexity index is 840. The Labute approximate surface area is 164 Å². The lowest BCUT2D eigenvalue weighted by Crippen LogP contribution is -2.38. The van der Waals surface area contributed by atoms with Crippen LogP contribution in [0.4, 0.5) is 10.7 Å². The molecule has 1 aromatic carbocycles. The summed E-state index contributed by atoms with van der Waals surface area (Å²) in [4.78, 5) is 28.0. The largest absolute Gasteiger partial charge is 0.365 e. The molecule has 0 atom stereocenters. The highest BCUT2D eigenvalue weighted by Gasteiger charge is 2.25. The molecule has 3 rings (SSSR count). The number of carbonyl (C=O) groups excluding carboxylic acids is 2. The number of aryl methyl sites for hydroxylation is 2. The van der Waals surface area contributed by atoms with E-state index in [9.17, 15) is 9.59 Å². The first-order valence-electron chi connectivity index (χ1n) is 9.44. The second-order valence-corrected chi connectivity index (χ2v) is 8.49. The number of carbonyl (C=O) groups is 2. The van der Waals surface area contributed by atoms with E-state index in [0.717, 1.165) is 36.9 Å². The summed E-state index contributed by atoms with van der Waals surface area (Å²) in [6.07, 6.45) is 4.00. The number of nitrogens with zero attached hydrogens (tertiary/aromatic N) is 1. The van der Waals surface area contributed by atoms with Crippen LogP contribution in [-0.2, 0) is 17.6 Å². The number of hydrogen-bond donors (Lipinski definition) is 2. The van der Waals surface area contributed by atoms with Crippen molar-refractivity contribution < 1.29 is 9.59 Å². The summed E-state index contributed by atoms with van der Waals surface area (Å²) in [6, 6.07) is 8.32. The maximum absolute atomic E-state index is 12.8. The summed E-state index contributed by atoms with van der Waals surface area (Å²) in [5.41, 5.74) is 9.35. The molecule has 0 aliphatic heterocycles. The predicted octanol–water partition coefficient (Wildman–Crippen LogP) is 3.89. The van der Waals surface area contributed by atoms with Crippen molar-refractivity contribution in [2.45, 2.75) is 52.5 Å². The Morgan fingerprint density at radius 2 is 1.85 bits per heavy atom. The summed E-state index contributed by atoms with van der Waals surface area (Å²) >= 11 is 1.50. The molecule has 0 radical (unpaired) electrons. The van der Waals surface area contributed by atoms with Gasteiger partial charge in [-0.1, -0.05) is 17.7 Å². The first kappa shape index (κ1) is 19.4. The Balaban J connectivity index is 1.79. The van der Waals surface area contributed by atoms with Crippen LogP contribution in [-0.4, -0.2) is 24.4 Å². The lowest BCUT2D eigenvalue weighted by atomic mass is 9.95. The number of rotatable bonds is 6. The molecule has 0 fully saturated rings. The van der Waals surface area contributed by atoms with E-state index in [1.807, 2.05) is 36.1 Å². The van der Waals surface area contributed by atoms with Crippen molar-refractivity contribution in [1.82, 2.24) is 0 Å². The third-order valence-corrected chi connectivity index (χ3v) is 6.18. The molecule has 1 aromatic heterocycles. The van der Waals surface area contributed by atoms with Gasteiger partial charge in [0.25, 0.3) is 5.91 Å². The van der Waals surface area contributed by atoms with Crippen LogP contribution in [0.15, 0.2) is 24.3 Å². The van der Waals surface area contributed by atoms with Gasteiger partial charge in [-0.3, -0.25) is 9.59 Å². The average Bonchev–Trinajstić information content (AvgIpc) is 2.98. The molecule has 0 saturated carbocycles. The van der Waals surface area contributed by atoms with E-state index in [0.29, 0.717) is 10.6 Å². The van der Waals surface area contributed by atoms with Crippen LogP contribution in [0.1, 0.15) is 53.1 Å². The smallest absolute Gasteiger partial charge is 0.251 e. The Morgan fingerprint density at radius 3 is 2.48 bits per heavy atom. The maximum Gasteiger partial charge on any atom is 0.251 e. The van der Waals surface area contributed by atoms with Gasteiger partial charge in [-0.25, -0.2) is 0 Å². The highest BCUT2D eigenvalue weighted by molar-refractivity contribution is 7.17. The lowest BCUT2D eigenvalue weighted by molar-refractivity contribution is -0.115. The SMILES string of the molecule is Cc1ccc(N(CC(=O)Nc2sc3c(c2C(N)=O)CCCC3)C(C)C)cc1. The molecule has 2 aromatic rings. The van der Waals surface area contributed by atoms with Crippen molar-refractivity contribution >= 4 is 33.8 Å².